The summed E-state index contributed by atoms with van der Waals surface area (Å²) in [4.78, 5) is 2.49. The fourth-order valence-electron chi connectivity index (χ4n) is 11.2. The Balaban J connectivity index is 1.05. The molecule has 61 heavy (non-hydrogen) atoms. The fourth-order valence-corrected chi connectivity index (χ4v) is 12.3. The van der Waals surface area contributed by atoms with E-state index in [9.17, 15) is 0 Å². The zero-order chi connectivity index (χ0) is 40.8. The first-order valence-electron chi connectivity index (χ1n) is 21.3. The molecule has 0 spiro atoms. The highest BCUT2D eigenvalue weighted by Crippen LogP contribution is 2.55. The number of benzene rings is 9. The summed E-state index contributed by atoms with van der Waals surface area (Å²) in [6.07, 6.45) is 0. The molecule has 2 heterocycles. The molecule has 0 aliphatic heterocycles. The average molecular weight is 800 g/mol. The zero-order valence-electron chi connectivity index (χ0n) is 34.5. The maximum atomic E-state index is 7.04. The average Bonchev–Trinajstić information content (AvgIpc) is 4.00. The highest BCUT2D eigenvalue weighted by atomic mass is 32.1. The summed E-state index contributed by atoms with van der Waals surface area (Å²) in [6, 6.07) is 65.4. The molecular formula is C58H41NOS. The standard InChI is InChI=1S/C58H41NOS/c1-57(2)46-19-9-7-15-40(46)42-30-28-37(33-48(42)57)59(36-26-23-35(24-27-36)38-17-11-18-43-41-16-8-10-20-47(41)58(3,4)54(38)43)49-21-12-22-50-52(49)53-51(61-50)32-31-45-44-29-25-34-13-5-6-14-39(34)55(44)60-56(45)53/h5-33H,1-4H3. The maximum Gasteiger partial charge on any atom is 0.144 e. The molecule has 0 saturated carbocycles. The van der Waals surface area contributed by atoms with Gasteiger partial charge in [-0.2, -0.15) is 0 Å². The summed E-state index contributed by atoms with van der Waals surface area (Å²) in [5, 5.41) is 7.01. The van der Waals surface area contributed by atoms with Crippen molar-refractivity contribution >= 4 is 81.3 Å². The fraction of sp³-hybridized carbons (Fsp3) is 0.103. The Labute approximate surface area is 358 Å². The zero-order valence-corrected chi connectivity index (χ0v) is 35.3. The lowest BCUT2D eigenvalue weighted by Gasteiger charge is -2.29. The van der Waals surface area contributed by atoms with Crippen molar-refractivity contribution in [3.8, 4) is 33.4 Å². The van der Waals surface area contributed by atoms with Gasteiger partial charge in [-0.3, -0.25) is 0 Å². The smallest absolute Gasteiger partial charge is 0.144 e. The second-order valence-corrected chi connectivity index (χ2v) is 19.1. The lowest BCUT2D eigenvalue weighted by atomic mass is 9.79. The molecule has 3 heteroatoms. The van der Waals surface area contributed by atoms with E-state index in [-0.39, 0.29) is 10.8 Å². The van der Waals surface area contributed by atoms with Gasteiger partial charge in [-0.05, 0) is 116 Å². The van der Waals surface area contributed by atoms with Crippen molar-refractivity contribution in [1.82, 2.24) is 0 Å². The van der Waals surface area contributed by atoms with Crippen molar-refractivity contribution in [3.05, 3.63) is 198 Å². The molecule has 0 amide bonds. The van der Waals surface area contributed by atoms with Gasteiger partial charge in [-0.25, -0.2) is 0 Å². The first-order valence-corrected chi connectivity index (χ1v) is 22.2. The van der Waals surface area contributed by atoms with Crippen molar-refractivity contribution in [2.45, 2.75) is 38.5 Å². The van der Waals surface area contributed by atoms with E-state index in [0.717, 1.165) is 44.4 Å². The number of anilines is 3. The quantitative estimate of drug-likeness (QED) is 0.176. The van der Waals surface area contributed by atoms with Gasteiger partial charge < -0.3 is 9.32 Å². The van der Waals surface area contributed by atoms with Crippen LogP contribution >= 0.6 is 11.3 Å². The summed E-state index contributed by atoms with van der Waals surface area (Å²) in [6.45, 7) is 9.48. The molecule has 0 bridgehead atoms. The number of fused-ring (bicyclic) bond motifs is 15. The van der Waals surface area contributed by atoms with Crippen molar-refractivity contribution in [3.63, 3.8) is 0 Å². The molecule has 2 aliphatic rings. The molecule has 0 fully saturated rings. The maximum absolute atomic E-state index is 7.04. The molecule has 290 valence electrons. The van der Waals surface area contributed by atoms with E-state index in [0.29, 0.717) is 0 Å². The molecule has 2 nitrogen and oxygen atoms in total. The molecule has 2 aromatic heterocycles. The third-order valence-corrected chi connectivity index (χ3v) is 15.2. The predicted octanol–water partition coefficient (Wildman–Crippen LogP) is 16.9. The van der Waals surface area contributed by atoms with Crippen LogP contribution in [0, 0.1) is 0 Å². The van der Waals surface area contributed by atoms with Crippen LogP contribution in [-0.2, 0) is 10.8 Å². The van der Waals surface area contributed by atoms with Crippen LogP contribution in [0.15, 0.2) is 180 Å². The minimum Gasteiger partial charge on any atom is -0.455 e. The number of thiophene rings is 1. The Morgan fingerprint density at radius 1 is 0.426 bits per heavy atom. The molecule has 11 aromatic rings. The summed E-state index contributed by atoms with van der Waals surface area (Å²) in [7, 11) is 0. The van der Waals surface area contributed by atoms with Gasteiger partial charge in [0.2, 0.25) is 0 Å². The van der Waals surface area contributed by atoms with E-state index in [1.165, 1.54) is 81.2 Å². The lowest BCUT2D eigenvalue weighted by molar-refractivity contribution is 0.660. The first-order chi connectivity index (χ1) is 29.8. The summed E-state index contributed by atoms with van der Waals surface area (Å²) in [5.74, 6) is 0. The van der Waals surface area contributed by atoms with E-state index in [4.69, 9.17) is 4.42 Å². The van der Waals surface area contributed by atoms with E-state index in [1.54, 1.807) is 0 Å². The van der Waals surface area contributed by atoms with Crippen LogP contribution in [-0.4, -0.2) is 0 Å². The van der Waals surface area contributed by atoms with Gasteiger partial charge in [0.25, 0.3) is 0 Å². The van der Waals surface area contributed by atoms with Crippen LogP contribution in [0.5, 0.6) is 0 Å². The van der Waals surface area contributed by atoms with Crippen LogP contribution in [0.4, 0.5) is 17.1 Å². The molecule has 0 atom stereocenters. The molecular weight excluding hydrogens is 759 g/mol. The number of rotatable bonds is 4. The van der Waals surface area contributed by atoms with Gasteiger partial charge in [0.1, 0.15) is 11.2 Å². The van der Waals surface area contributed by atoms with Crippen LogP contribution in [0.3, 0.4) is 0 Å². The Kier molecular flexibility index (Phi) is 7.04. The number of furan rings is 1. The molecule has 0 unspecified atom stereocenters. The van der Waals surface area contributed by atoms with Crippen LogP contribution in [0.25, 0.3) is 86.3 Å². The Hall–Kier alpha value is -6.94. The third-order valence-electron chi connectivity index (χ3n) is 14.1. The van der Waals surface area contributed by atoms with E-state index >= 15 is 0 Å². The monoisotopic (exact) mass is 799 g/mol. The third kappa shape index (κ3) is 4.73. The van der Waals surface area contributed by atoms with Gasteiger partial charge in [-0.1, -0.05) is 149 Å². The SMILES string of the molecule is CC1(C)c2ccccc2-c2ccc(N(c3ccc(-c4cccc5c4C(C)(C)c4ccccc4-5)cc3)c3cccc4sc5ccc6c7ccc8ccccc8c7oc6c5c34)cc21. The summed E-state index contributed by atoms with van der Waals surface area (Å²) < 4.78 is 9.51. The molecule has 2 aliphatic carbocycles. The van der Waals surface area contributed by atoms with Gasteiger partial charge in [-0.15, -0.1) is 11.3 Å². The highest BCUT2D eigenvalue weighted by Gasteiger charge is 2.38. The topological polar surface area (TPSA) is 16.4 Å². The van der Waals surface area contributed by atoms with Gasteiger partial charge in [0.15, 0.2) is 0 Å². The largest absolute Gasteiger partial charge is 0.455 e. The molecule has 0 radical (unpaired) electrons. The highest BCUT2D eigenvalue weighted by molar-refractivity contribution is 7.26. The number of hydrogen-bond acceptors (Lipinski definition) is 3. The number of nitrogens with zero attached hydrogens (tertiary/aromatic N) is 1. The van der Waals surface area contributed by atoms with Crippen LogP contribution in [0.1, 0.15) is 49.9 Å². The van der Waals surface area contributed by atoms with Gasteiger partial charge in [0, 0.05) is 58.5 Å². The summed E-state index contributed by atoms with van der Waals surface area (Å²) in [5.41, 5.74) is 18.4. The minimum atomic E-state index is -0.139. The molecule has 0 N–H and O–H groups in total. The molecule has 0 saturated heterocycles. The second-order valence-electron chi connectivity index (χ2n) is 18.0. The van der Waals surface area contributed by atoms with Crippen molar-refractivity contribution in [1.29, 1.82) is 0 Å². The van der Waals surface area contributed by atoms with Gasteiger partial charge in [0.05, 0.1) is 5.69 Å². The van der Waals surface area contributed by atoms with E-state index in [2.05, 4.69) is 209 Å². The number of hydrogen-bond donors (Lipinski definition) is 0. The minimum absolute atomic E-state index is 0.105. The Bertz CT molecular complexity index is 3650. The Morgan fingerprint density at radius 2 is 1.05 bits per heavy atom. The first kappa shape index (κ1) is 34.9. The van der Waals surface area contributed by atoms with Crippen molar-refractivity contribution in [2.24, 2.45) is 0 Å². The van der Waals surface area contributed by atoms with Gasteiger partial charge >= 0.3 is 0 Å². The normalized spacial score (nSPS) is 14.5. The second kappa shape index (κ2) is 12.3. The Morgan fingerprint density at radius 3 is 1.89 bits per heavy atom. The summed E-state index contributed by atoms with van der Waals surface area (Å²) >= 11 is 1.84. The van der Waals surface area contributed by atoms with Crippen LogP contribution < -0.4 is 4.90 Å². The molecule has 9 aromatic carbocycles. The van der Waals surface area contributed by atoms with E-state index in [1.807, 2.05) is 11.3 Å². The van der Waals surface area contributed by atoms with Crippen molar-refractivity contribution in [2.75, 3.05) is 4.90 Å². The predicted molar refractivity (Wildman–Crippen MR) is 259 cm³/mol. The van der Waals surface area contributed by atoms with Crippen LogP contribution in [0.2, 0.25) is 0 Å². The van der Waals surface area contributed by atoms with E-state index < -0.39 is 0 Å². The lowest BCUT2D eigenvalue weighted by Crippen LogP contribution is -2.17. The molecule has 13 rings (SSSR count). The van der Waals surface area contributed by atoms with Crippen molar-refractivity contribution < 1.29 is 4.42 Å².